The van der Waals surface area contributed by atoms with E-state index in [-0.39, 0.29) is 5.82 Å². The predicted octanol–water partition coefficient (Wildman–Crippen LogP) is 3.45. The summed E-state index contributed by atoms with van der Waals surface area (Å²) in [6.07, 6.45) is 1.75. The number of hydrogen-bond acceptors (Lipinski definition) is 5. The number of methoxy groups -OCH3 is 1. The van der Waals surface area contributed by atoms with Gasteiger partial charge in [-0.25, -0.2) is 14.4 Å². The normalized spacial score (nSPS) is 10.7. The highest BCUT2D eigenvalue weighted by molar-refractivity contribution is 7.22. The molecule has 0 radical (unpaired) electrons. The van der Waals surface area contributed by atoms with E-state index in [9.17, 15) is 4.39 Å². The largest absolute Gasteiger partial charge is 0.481 e. The fourth-order valence-electron chi connectivity index (χ4n) is 1.79. The number of benzene rings is 1. The van der Waals surface area contributed by atoms with Gasteiger partial charge >= 0.3 is 0 Å². The molecule has 0 unspecified atom stereocenters. The van der Waals surface area contributed by atoms with Crippen LogP contribution in [0.25, 0.3) is 10.2 Å². The van der Waals surface area contributed by atoms with Crippen molar-refractivity contribution in [2.24, 2.45) is 0 Å². The standard InChI is InChI=1S/C14H12FN3OS/c1-19-13-5-2-9(7-16-13)8-17-14-18-11-4-3-10(15)6-12(11)20-14/h2-7H,8H2,1H3,(H,17,18). The lowest BCUT2D eigenvalue weighted by atomic mass is 10.3. The maximum absolute atomic E-state index is 13.1. The summed E-state index contributed by atoms with van der Waals surface area (Å²) in [7, 11) is 1.58. The maximum Gasteiger partial charge on any atom is 0.212 e. The molecule has 1 aromatic carbocycles. The number of ether oxygens (including phenoxy) is 1. The van der Waals surface area contributed by atoms with Crippen molar-refractivity contribution in [3.8, 4) is 5.88 Å². The number of nitrogens with zero attached hydrogens (tertiary/aromatic N) is 2. The van der Waals surface area contributed by atoms with Gasteiger partial charge in [0, 0.05) is 18.8 Å². The van der Waals surface area contributed by atoms with Crippen LogP contribution in [0.3, 0.4) is 0 Å². The molecule has 6 heteroatoms. The average Bonchev–Trinajstić information content (AvgIpc) is 2.87. The van der Waals surface area contributed by atoms with Crippen LogP contribution in [0.2, 0.25) is 0 Å². The Morgan fingerprint density at radius 3 is 2.95 bits per heavy atom. The Kier molecular flexibility index (Phi) is 3.47. The second kappa shape index (κ2) is 5.42. The van der Waals surface area contributed by atoms with Crippen molar-refractivity contribution in [1.82, 2.24) is 9.97 Å². The van der Waals surface area contributed by atoms with E-state index in [1.54, 1.807) is 19.4 Å². The van der Waals surface area contributed by atoms with E-state index in [4.69, 9.17) is 4.74 Å². The number of nitrogens with one attached hydrogen (secondary N) is 1. The lowest BCUT2D eigenvalue weighted by molar-refractivity contribution is 0.397. The molecular formula is C14H12FN3OS. The topological polar surface area (TPSA) is 47.0 Å². The lowest BCUT2D eigenvalue weighted by Crippen LogP contribution is -1.99. The second-order valence-electron chi connectivity index (χ2n) is 4.19. The van der Waals surface area contributed by atoms with Gasteiger partial charge in [-0.3, -0.25) is 0 Å². The molecule has 0 bridgehead atoms. The Labute approximate surface area is 119 Å². The van der Waals surface area contributed by atoms with Crippen molar-refractivity contribution >= 4 is 26.7 Å². The Bertz CT molecular complexity index is 727. The van der Waals surface area contributed by atoms with Gasteiger partial charge in [0.1, 0.15) is 5.82 Å². The first-order chi connectivity index (χ1) is 9.74. The van der Waals surface area contributed by atoms with Crippen molar-refractivity contribution in [3.05, 3.63) is 47.9 Å². The highest BCUT2D eigenvalue weighted by Crippen LogP contribution is 2.26. The number of anilines is 1. The number of aromatic nitrogens is 2. The first-order valence-electron chi connectivity index (χ1n) is 6.03. The SMILES string of the molecule is COc1ccc(CNc2nc3ccc(F)cc3s2)cn1. The Morgan fingerprint density at radius 1 is 1.30 bits per heavy atom. The van der Waals surface area contributed by atoms with E-state index in [1.165, 1.54) is 23.5 Å². The van der Waals surface area contributed by atoms with E-state index >= 15 is 0 Å². The molecule has 3 aromatic rings. The van der Waals surface area contributed by atoms with Crippen LogP contribution in [-0.2, 0) is 6.54 Å². The maximum atomic E-state index is 13.1. The van der Waals surface area contributed by atoms with Gasteiger partial charge in [0.15, 0.2) is 5.13 Å². The average molecular weight is 289 g/mol. The summed E-state index contributed by atoms with van der Waals surface area (Å²) in [6.45, 7) is 0.610. The Balaban J connectivity index is 1.72. The van der Waals surface area contributed by atoms with Crippen LogP contribution in [-0.4, -0.2) is 17.1 Å². The third-order valence-corrected chi connectivity index (χ3v) is 3.78. The monoisotopic (exact) mass is 289 g/mol. The van der Waals surface area contributed by atoms with E-state index in [1.807, 2.05) is 12.1 Å². The van der Waals surface area contributed by atoms with Gasteiger partial charge in [-0.1, -0.05) is 17.4 Å². The quantitative estimate of drug-likeness (QED) is 0.799. The van der Waals surface area contributed by atoms with Gasteiger partial charge in [-0.15, -0.1) is 0 Å². The highest BCUT2D eigenvalue weighted by atomic mass is 32.1. The van der Waals surface area contributed by atoms with Crippen LogP contribution in [0.15, 0.2) is 36.5 Å². The van der Waals surface area contributed by atoms with E-state index < -0.39 is 0 Å². The van der Waals surface area contributed by atoms with Crippen LogP contribution in [0.4, 0.5) is 9.52 Å². The molecule has 0 saturated carbocycles. The van der Waals surface area contributed by atoms with E-state index in [0.29, 0.717) is 12.4 Å². The smallest absolute Gasteiger partial charge is 0.212 e. The van der Waals surface area contributed by atoms with Crippen LogP contribution in [0.1, 0.15) is 5.56 Å². The number of pyridine rings is 1. The molecule has 102 valence electrons. The summed E-state index contributed by atoms with van der Waals surface area (Å²) in [5.74, 6) is 0.344. The molecule has 4 nitrogen and oxygen atoms in total. The molecule has 20 heavy (non-hydrogen) atoms. The molecule has 0 aliphatic carbocycles. The summed E-state index contributed by atoms with van der Waals surface area (Å²) < 4.78 is 18.9. The summed E-state index contributed by atoms with van der Waals surface area (Å²) in [5, 5.41) is 3.98. The summed E-state index contributed by atoms with van der Waals surface area (Å²) in [5.41, 5.74) is 1.82. The molecule has 0 amide bonds. The van der Waals surface area contributed by atoms with Gasteiger partial charge in [0.05, 0.1) is 17.3 Å². The Hall–Kier alpha value is -2.21. The molecule has 2 heterocycles. The molecular weight excluding hydrogens is 277 g/mol. The highest BCUT2D eigenvalue weighted by Gasteiger charge is 2.04. The number of halogens is 1. The van der Waals surface area contributed by atoms with Crippen LogP contribution >= 0.6 is 11.3 Å². The molecule has 0 aliphatic heterocycles. The van der Waals surface area contributed by atoms with Crippen LogP contribution in [0.5, 0.6) is 5.88 Å². The van der Waals surface area contributed by atoms with Crippen molar-refractivity contribution in [2.75, 3.05) is 12.4 Å². The third kappa shape index (κ3) is 2.70. The molecule has 0 aliphatic rings. The van der Waals surface area contributed by atoms with Crippen molar-refractivity contribution in [1.29, 1.82) is 0 Å². The minimum Gasteiger partial charge on any atom is -0.481 e. The first kappa shape index (κ1) is 12.8. The zero-order chi connectivity index (χ0) is 13.9. The second-order valence-corrected chi connectivity index (χ2v) is 5.22. The molecule has 0 spiro atoms. The summed E-state index contributed by atoms with van der Waals surface area (Å²) >= 11 is 1.43. The predicted molar refractivity (Wildman–Crippen MR) is 77.7 cm³/mol. The lowest BCUT2D eigenvalue weighted by Gasteiger charge is -2.03. The molecule has 1 N–H and O–H groups in total. The van der Waals surface area contributed by atoms with Crippen molar-refractivity contribution < 1.29 is 9.13 Å². The zero-order valence-electron chi connectivity index (χ0n) is 10.8. The van der Waals surface area contributed by atoms with Gasteiger partial charge < -0.3 is 10.1 Å². The van der Waals surface area contributed by atoms with Crippen molar-refractivity contribution in [3.63, 3.8) is 0 Å². The van der Waals surface area contributed by atoms with Gasteiger partial charge in [-0.2, -0.15) is 0 Å². The fraction of sp³-hybridized carbons (Fsp3) is 0.143. The van der Waals surface area contributed by atoms with Crippen molar-refractivity contribution in [2.45, 2.75) is 6.54 Å². The number of rotatable bonds is 4. The summed E-state index contributed by atoms with van der Waals surface area (Å²) in [6, 6.07) is 8.34. The minimum atomic E-state index is -0.243. The zero-order valence-corrected chi connectivity index (χ0v) is 11.6. The molecule has 2 aromatic heterocycles. The first-order valence-corrected chi connectivity index (χ1v) is 6.85. The van der Waals surface area contributed by atoms with Gasteiger partial charge in [0.25, 0.3) is 0 Å². The third-order valence-electron chi connectivity index (χ3n) is 2.80. The molecule has 3 rings (SSSR count). The molecule has 0 fully saturated rings. The van der Waals surface area contributed by atoms with Gasteiger partial charge in [-0.05, 0) is 23.8 Å². The minimum absolute atomic E-state index is 0.243. The Morgan fingerprint density at radius 2 is 2.20 bits per heavy atom. The fourth-order valence-corrected chi connectivity index (χ4v) is 2.67. The summed E-state index contributed by atoms with van der Waals surface area (Å²) in [4.78, 5) is 8.53. The molecule has 0 atom stereocenters. The van der Waals surface area contributed by atoms with Crippen LogP contribution < -0.4 is 10.1 Å². The number of hydrogen-bond donors (Lipinski definition) is 1. The van der Waals surface area contributed by atoms with E-state index in [2.05, 4.69) is 15.3 Å². The van der Waals surface area contributed by atoms with Crippen LogP contribution in [0, 0.1) is 5.82 Å². The number of thiazole rings is 1. The number of fused-ring (bicyclic) bond motifs is 1. The molecule has 0 saturated heterocycles. The van der Waals surface area contributed by atoms with E-state index in [0.717, 1.165) is 20.9 Å². The van der Waals surface area contributed by atoms with Gasteiger partial charge in [0.2, 0.25) is 5.88 Å².